The van der Waals surface area contributed by atoms with Crippen molar-refractivity contribution in [2.45, 2.75) is 20.8 Å². The van der Waals surface area contributed by atoms with E-state index in [2.05, 4.69) is 10.2 Å². The van der Waals surface area contributed by atoms with E-state index in [0.29, 0.717) is 28.2 Å². The van der Waals surface area contributed by atoms with Crippen molar-refractivity contribution in [3.8, 4) is 5.69 Å². The number of benzene rings is 2. The summed E-state index contributed by atoms with van der Waals surface area (Å²) in [5.41, 5.74) is 4.41. The molecule has 0 unspecified atom stereocenters. The van der Waals surface area contributed by atoms with Gasteiger partial charge in [-0.3, -0.25) is 14.7 Å². The first-order valence-electron chi connectivity index (χ1n) is 9.02. The molecule has 3 aromatic rings. The number of hydrogen-bond acceptors (Lipinski definition) is 3. The molecule has 0 aliphatic carbocycles. The lowest BCUT2D eigenvalue weighted by Crippen LogP contribution is -2.22. The Morgan fingerprint density at radius 3 is 2.32 bits per heavy atom. The maximum Gasteiger partial charge on any atom is 0.280 e. The normalized spacial score (nSPS) is 15.4. The number of carbonyl (C=O) groups excluding carboxylic acids is 1. The predicted octanol–water partition coefficient (Wildman–Crippen LogP) is 3.59. The van der Waals surface area contributed by atoms with Crippen LogP contribution in [0.15, 0.2) is 70.1 Å². The van der Waals surface area contributed by atoms with Crippen molar-refractivity contribution < 1.29 is 4.79 Å². The first kappa shape index (κ1) is 17.7. The highest BCUT2D eigenvalue weighted by Crippen LogP contribution is 2.24. The Morgan fingerprint density at radius 1 is 0.929 bits per heavy atom. The van der Waals surface area contributed by atoms with Crippen molar-refractivity contribution in [1.82, 2.24) is 9.78 Å². The summed E-state index contributed by atoms with van der Waals surface area (Å²) in [6.07, 6.45) is 1.63. The molecule has 4 rings (SSSR count). The van der Waals surface area contributed by atoms with E-state index in [-0.39, 0.29) is 11.5 Å². The number of carbonyl (C=O) groups is 1. The molecule has 0 bridgehead atoms. The zero-order valence-electron chi connectivity index (χ0n) is 15.9. The van der Waals surface area contributed by atoms with Crippen molar-refractivity contribution in [2.75, 3.05) is 5.01 Å². The number of hydrogen-bond donors (Lipinski definition) is 1. The van der Waals surface area contributed by atoms with Crippen LogP contribution in [0.1, 0.15) is 23.7 Å². The van der Waals surface area contributed by atoms with Gasteiger partial charge in [0.25, 0.3) is 11.5 Å². The summed E-state index contributed by atoms with van der Waals surface area (Å²) in [6, 6.07) is 16.9. The zero-order chi connectivity index (χ0) is 19.8. The molecule has 28 heavy (non-hydrogen) atoms. The van der Waals surface area contributed by atoms with E-state index >= 15 is 0 Å². The summed E-state index contributed by atoms with van der Waals surface area (Å²) in [5, 5.41) is 8.84. The molecular formula is C22H20N4O2. The minimum absolute atomic E-state index is 0.196. The van der Waals surface area contributed by atoms with Gasteiger partial charge in [0.2, 0.25) is 0 Å². The van der Waals surface area contributed by atoms with Crippen LogP contribution >= 0.6 is 0 Å². The second-order valence-corrected chi connectivity index (χ2v) is 6.77. The van der Waals surface area contributed by atoms with Crippen LogP contribution in [-0.2, 0) is 4.79 Å². The second-order valence-electron chi connectivity index (χ2n) is 6.77. The van der Waals surface area contributed by atoms with Crippen LogP contribution < -0.4 is 10.6 Å². The van der Waals surface area contributed by atoms with Crippen LogP contribution in [0.5, 0.6) is 0 Å². The van der Waals surface area contributed by atoms with Gasteiger partial charge >= 0.3 is 0 Å². The maximum atomic E-state index is 13.0. The molecule has 2 aromatic carbocycles. The Morgan fingerprint density at radius 2 is 1.61 bits per heavy atom. The molecule has 0 saturated carbocycles. The molecular weight excluding hydrogens is 352 g/mol. The lowest BCUT2D eigenvalue weighted by Gasteiger charge is -2.10. The molecule has 0 fully saturated rings. The van der Waals surface area contributed by atoms with Crippen molar-refractivity contribution in [1.29, 1.82) is 0 Å². The summed E-state index contributed by atoms with van der Waals surface area (Å²) < 4.78 is 1.51. The van der Waals surface area contributed by atoms with Crippen LogP contribution in [0.25, 0.3) is 11.8 Å². The molecule has 2 heterocycles. The van der Waals surface area contributed by atoms with Gasteiger partial charge in [-0.25, -0.2) is 4.68 Å². The zero-order valence-corrected chi connectivity index (χ0v) is 15.9. The summed E-state index contributed by atoms with van der Waals surface area (Å²) in [6.45, 7) is 5.54. The molecule has 1 aliphatic rings. The average Bonchev–Trinajstić information content (AvgIpc) is 3.14. The van der Waals surface area contributed by atoms with Crippen LogP contribution in [0.4, 0.5) is 5.69 Å². The van der Waals surface area contributed by atoms with Gasteiger partial charge in [-0.05, 0) is 50.6 Å². The predicted molar refractivity (Wildman–Crippen MR) is 111 cm³/mol. The summed E-state index contributed by atoms with van der Waals surface area (Å²) >= 11 is 0. The third-order valence-corrected chi connectivity index (χ3v) is 4.83. The van der Waals surface area contributed by atoms with Crippen LogP contribution in [0, 0.1) is 13.8 Å². The molecule has 1 aliphatic heterocycles. The first-order valence-corrected chi connectivity index (χ1v) is 9.02. The van der Waals surface area contributed by atoms with E-state index in [1.165, 1.54) is 9.69 Å². The summed E-state index contributed by atoms with van der Waals surface area (Å²) in [5.74, 6) is -0.244. The monoisotopic (exact) mass is 372 g/mol. The molecule has 1 N–H and O–H groups in total. The van der Waals surface area contributed by atoms with Crippen molar-refractivity contribution in [3.05, 3.63) is 87.3 Å². The van der Waals surface area contributed by atoms with Gasteiger partial charge < -0.3 is 0 Å². The number of aryl methyl sites for hydroxylation is 2. The third kappa shape index (κ3) is 2.89. The Bertz CT molecular complexity index is 1180. The first-order chi connectivity index (χ1) is 13.5. The number of hydrazone groups is 1. The Kier molecular flexibility index (Phi) is 4.31. The third-order valence-electron chi connectivity index (χ3n) is 4.83. The number of amides is 1. The number of anilines is 1. The standard InChI is InChI=1S/C22H20N4O2/c1-14-9-7-8-12-20(14)26-22(28)19(16(3)24-26)13-18-15(2)23-25(21(18)27)17-10-5-4-6-11-17/h4-13,24H,1-3H3/b18-13-. The quantitative estimate of drug-likeness (QED) is 0.714. The summed E-state index contributed by atoms with van der Waals surface area (Å²) in [7, 11) is 0. The fourth-order valence-corrected chi connectivity index (χ4v) is 3.29. The Hall–Kier alpha value is -3.67. The molecule has 6 nitrogen and oxygen atoms in total. The Labute approximate surface area is 162 Å². The van der Waals surface area contributed by atoms with Gasteiger partial charge in [0.1, 0.15) is 0 Å². The smallest absolute Gasteiger partial charge is 0.280 e. The Balaban J connectivity index is 1.77. The van der Waals surface area contributed by atoms with Crippen LogP contribution in [0.3, 0.4) is 0 Å². The van der Waals surface area contributed by atoms with Gasteiger partial charge in [-0.2, -0.15) is 10.1 Å². The van der Waals surface area contributed by atoms with Gasteiger partial charge in [0.15, 0.2) is 0 Å². The minimum Gasteiger partial charge on any atom is -0.295 e. The van der Waals surface area contributed by atoms with Crippen molar-refractivity contribution >= 4 is 23.4 Å². The fraction of sp³-hybridized carbons (Fsp3) is 0.136. The van der Waals surface area contributed by atoms with Gasteiger partial charge in [-0.1, -0.05) is 36.4 Å². The molecule has 1 aromatic heterocycles. The number of aromatic nitrogens is 2. The summed E-state index contributed by atoms with van der Waals surface area (Å²) in [4.78, 5) is 25.9. The number of rotatable bonds is 3. The highest BCUT2D eigenvalue weighted by Gasteiger charge is 2.29. The van der Waals surface area contributed by atoms with E-state index in [0.717, 1.165) is 11.3 Å². The topological polar surface area (TPSA) is 70.5 Å². The second kappa shape index (κ2) is 6.81. The van der Waals surface area contributed by atoms with Gasteiger partial charge in [0.05, 0.1) is 28.2 Å². The van der Waals surface area contributed by atoms with Crippen LogP contribution in [0.2, 0.25) is 0 Å². The van der Waals surface area contributed by atoms with E-state index in [4.69, 9.17) is 0 Å². The number of nitrogens with one attached hydrogen (secondary N) is 1. The van der Waals surface area contributed by atoms with E-state index in [1.54, 1.807) is 13.0 Å². The van der Waals surface area contributed by atoms with Crippen molar-refractivity contribution in [2.24, 2.45) is 5.10 Å². The fourth-order valence-electron chi connectivity index (χ4n) is 3.29. The molecule has 140 valence electrons. The van der Waals surface area contributed by atoms with Crippen molar-refractivity contribution in [3.63, 3.8) is 0 Å². The maximum absolute atomic E-state index is 13.0. The largest absolute Gasteiger partial charge is 0.295 e. The highest BCUT2D eigenvalue weighted by molar-refractivity contribution is 6.32. The van der Waals surface area contributed by atoms with Gasteiger partial charge in [0, 0.05) is 5.69 Å². The molecule has 0 saturated heterocycles. The number of para-hydroxylation sites is 2. The SMILES string of the molecule is CC1=NN(c2ccccc2)C(=O)/C1=C\c1c(C)[nH]n(-c2ccccc2C)c1=O. The number of H-pyrrole nitrogens is 1. The molecule has 1 amide bonds. The van der Waals surface area contributed by atoms with E-state index < -0.39 is 0 Å². The lowest BCUT2D eigenvalue weighted by molar-refractivity contribution is -0.114. The average molecular weight is 372 g/mol. The molecule has 0 radical (unpaired) electrons. The van der Waals surface area contributed by atoms with E-state index in [9.17, 15) is 9.59 Å². The number of aromatic amines is 1. The minimum atomic E-state index is -0.244. The molecule has 0 spiro atoms. The van der Waals surface area contributed by atoms with E-state index in [1.807, 2.05) is 68.4 Å². The molecule has 6 heteroatoms. The molecule has 0 atom stereocenters. The van der Waals surface area contributed by atoms with Crippen LogP contribution in [-0.4, -0.2) is 21.4 Å². The van der Waals surface area contributed by atoms with Gasteiger partial charge in [-0.15, -0.1) is 0 Å². The highest BCUT2D eigenvalue weighted by atomic mass is 16.2. The number of nitrogens with zero attached hydrogens (tertiary/aromatic N) is 3. The lowest BCUT2D eigenvalue weighted by atomic mass is 10.1.